The van der Waals surface area contributed by atoms with Crippen molar-refractivity contribution in [2.24, 2.45) is 0 Å². The molecular formula is C15H23NO3. The summed E-state index contributed by atoms with van der Waals surface area (Å²) in [5.41, 5.74) is 1.18. The molecule has 1 aliphatic heterocycles. The van der Waals surface area contributed by atoms with Crippen LogP contribution in [-0.2, 0) is 11.3 Å². The van der Waals surface area contributed by atoms with Gasteiger partial charge >= 0.3 is 0 Å². The molecule has 1 N–H and O–H groups in total. The summed E-state index contributed by atoms with van der Waals surface area (Å²) in [6, 6.07) is 5.99. The number of hydrogen-bond donors (Lipinski definition) is 1. The number of hydrogen-bond acceptors (Lipinski definition) is 4. The predicted octanol–water partition coefficient (Wildman–Crippen LogP) is 2.36. The van der Waals surface area contributed by atoms with Gasteiger partial charge in [0.15, 0.2) is 11.5 Å². The van der Waals surface area contributed by atoms with Crippen LogP contribution in [-0.4, -0.2) is 33.0 Å². The highest BCUT2D eigenvalue weighted by molar-refractivity contribution is 5.42. The summed E-state index contributed by atoms with van der Waals surface area (Å²) >= 11 is 0. The van der Waals surface area contributed by atoms with Crippen molar-refractivity contribution in [1.29, 1.82) is 0 Å². The zero-order valence-electron chi connectivity index (χ0n) is 12.0. The number of benzene rings is 1. The van der Waals surface area contributed by atoms with Crippen molar-refractivity contribution in [2.45, 2.75) is 31.9 Å². The standard InChI is InChI=1S/C15H23NO3/c1-15(7-4-8-19-15)11-16-10-12-5-6-13(17-2)14(9-12)18-3/h5-6,9,16H,4,7-8,10-11H2,1-3H3. The normalized spacial score (nSPS) is 22.5. The van der Waals surface area contributed by atoms with Crippen molar-refractivity contribution in [3.8, 4) is 11.5 Å². The summed E-state index contributed by atoms with van der Waals surface area (Å²) in [6.07, 6.45) is 2.29. The zero-order valence-corrected chi connectivity index (χ0v) is 12.0. The quantitative estimate of drug-likeness (QED) is 0.857. The summed E-state index contributed by atoms with van der Waals surface area (Å²) in [5, 5.41) is 3.45. The monoisotopic (exact) mass is 265 g/mol. The highest BCUT2D eigenvalue weighted by atomic mass is 16.5. The number of rotatable bonds is 6. The van der Waals surface area contributed by atoms with Crippen LogP contribution in [0.4, 0.5) is 0 Å². The molecule has 1 fully saturated rings. The second-order valence-corrected chi connectivity index (χ2v) is 5.19. The molecule has 4 heteroatoms. The summed E-state index contributed by atoms with van der Waals surface area (Å²) in [4.78, 5) is 0. The van der Waals surface area contributed by atoms with Crippen LogP contribution in [0, 0.1) is 0 Å². The smallest absolute Gasteiger partial charge is 0.161 e. The lowest BCUT2D eigenvalue weighted by Gasteiger charge is -2.23. The van der Waals surface area contributed by atoms with Gasteiger partial charge in [-0.25, -0.2) is 0 Å². The molecule has 0 bridgehead atoms. The third-order valence-electron chi connectivity index (χ3n) is 3.58. The van der Waals surface area contributed by atoms with Crippen LogP contribution < -0.4 is 14.8 Å². The van der Waals surface area contributed by atoms with Gasteiger partial charge in [0.2, 0.25) is 0 Å². The molecule has 1 heterocycles. The molecular weight excluding hydrogens is 242 g/mol. The van der Waals surface area contributed by atoms with E-state index in [0.29, 0.717) is 0 Å². The Labute approximate surface area is 115 Å². The van der Waals surface area contributed by atoms with Crippen LogP contribution in [0.5, 0.6) is 11.5 Å². The van der Waals surface area contributed by atoms with E-state index in [9.17, 15) is 0 Å². The van der Waals surface area contributed by atoms with E-state index in [-0.39, 0.29) is 5.60 Å². The molecule has 0 aromatic heterocycles. The minimum atomic E-state index is -0.00342. The second kappa shape index (κ2) is 6.26. The summed E-state index contributed by atoms with van der Waals surface area (Å²) < 4.78 is 16.3. The minimum Gasteiger partial charge on any atom is -0.493 e. The summed E-state index contributed by atoms with van der Waals surface area (Å²) in [7, 11) is 3.30. The van der Waals surface area contributed by atoms with Gasteiger partial charge < -0.3 is 19.5 Å². The van der Waals surface area contributed by atoms with Crippen molar-refractivity contribution in [2.75, 3.05) is 27.4 Å². The Bertz CT molecular complexity index is 414. The van der Waals surface area contributed by atoms with Gasteiger partial charge in [0.05, 0.1) is 19.8 Å². The average molecular weight is 265 g/mol. The van der Waals surface area contributed by atoms with Crippen molar-refractivity contribution in [1.82, 2.24) is 5.32 Å². The number of nitrogens with one attached hydrogen (secondary N) is 1. The van der Waals surface area contributed by atoms with E-state index in [1.165, 1.54) is 5.56 Å². The molecule has 1 atom stereocenters. The van der Waals surface area contributed by atoms with Gasteiger partial charge in [0.25, 0.3) is 0 Å². The molecule has 1 saturated heterocycles. The van der Waals surface area contributed by atoms with Crippen LogP contribution in [0.2, 0.25) is 0 Å². The van der Waals surface area contributed by atoms with Gasteiger partial charge in [-0.2, -0.15) is 0 Å². The molecule has 1 unspecified atom stereocenters. The van der Waals surface area contributed by atoms with Crippen molar-refractivity contribution in [3.63, 3.8) is 0 Å². The molecule has 106 valence electrons. The Morgan fingerprint density at radius 1 is 1.26 bits per heavy atom. The largest absolute Gasteiger partial charge is 0.493 e. The maximum absolute atomic E-state index is 5.75. The highest BCUT2D eigenvalue weighted by Gasteiger charge is 2.28. The lowest BCUT2D eigenvalue weighted by atomic mass is 10.0. The Morgan fingerprint density at radius 2 is 2.05 bits per heavy atom. The Morgan fingerprint density at radius 3 is 2.68 bits per heavy atom. The molecule has 1 aromatic carbocycles. The van der Waals surface area contributed by atoms with E-state index >= 15 is 0 Å². The van der Waals surface area contributed by atoms with Gasteiger partial charge in [0, 0.05) is 19.7 Å². The van der Waals surface area contributed by atoms with Gasteiger partial charge in [-0.3, -0.25) is 0 Å². The molecule has 0 saturated carbocycles. The fraction of sp³-hybridized carbons (Fsp3) is 0.600. The Hall–Kier alpha value is -1.26. The van der Waals surface area contributed by atoms with Crippen LogP contribution in [0.25, 0.3) is 0 Å². The molecule has 2 rings (SSSR count). The van der Waals surface area contributed by atoms with Crippen LogP contribution in [0.3, 0.4) is 0 Å². The third kappa shape index (κ3) is 3.61. The van der Waals surface area contributed by atoms with Crippen molar-refractivity contribution < 1.29 is 14.2 Å². The van der Waals surface area contributed by atoms with E-state index < -0.39 is 0 Å². The summed E-state index contributed by atoms with van der Waals surface area (Å²) in [5.74, 6) is 1.53. The number of methoxy groups -OCH3 is 2. The van der Waals surface area contributed by atoms with E-state index in [1.807, 2.05) is 18.2 Å². The molecule has 0 radical (unpaired) electrons. The van der Waals surface area contributed by atoms with Crippen LogP contribution in [0.1, 0.15) is 25.3 Å². The van der Waals surface area contributed by atoms with Crippen molar-refractivity contribution >= 4 is 0 Å². The van der Waals surface area contributed by atoms with Gasteiger partial charge in [-0.15, -0.1) is 0 Å². The topological polar surface area (TPSA) is 39.7 Å². The lowest BCUT2D eigenvalue weighted by Crippen LogP contribution is -2.36. The SMILES string of the molecule is COc1ccc(CNCC2(C)CCCO2)cc1OC. The molecule has 1 aromatic rings. The van der Waals surface area contributed by atoms with Crippen LogP contribution in [0.15, 0.2) is 18.2 Å². The third-order valence-corrected chi connectivity index (χ3v) is 3.58. The summed E-state index contributed by atoms with van der Waals surface area (Å²) in [6.45, 7) is 4.73. The van der Waals surface area contributed by atoms with E-state index in [1.54, 1.807) is 14.2 Å². The van der Waals surface area contributed by atoms with Crippen molar-refractivity contribution in [3.05, 3.63) is 23.8 Å². The average Bonchev–Trinajstić information content (AvgIpc) is 2.85. The highest BCUT2D eigenvalue weighted by Crippen LogP contribution is 2.28. The molecule has 0 amide bonds. The first-order chi connectivity index (χ1) is 9.17. The maximum Gasteiger partial charge on any atom is 0.161 e. The Kier molecular flexibility index (Phi) is 4.66. The first-order valence-corrected chi connectivity index (χ1v) is 6.72. The molecule has 0 spiro atoms. The van der Waals surface area contributed by atoms with Gasteiger partial charge in [0.1, 0.15) is 0 Å². The predicted molar refractivity (Wildman–Crippen MR) is 74.8 cm³/mol. The second-order valence-electron chi connectivity index (χ2n) is 5.19. The van der Waals surface area contributed by atoms with E-state index in [2.05, 4.69) is 12.2 Å². The molecule has 4 nitrogen and oxygen atoms in total. The fourth-order valence-corrected chi connectivity index (χ4v) is 2.44. The van der Waals surface area contributed by atoms with Gasteiger partial charge in [-0.1, -0.05) is 6.07 Å². The first kappa shape index (κ1) is 14.2. The fourth-order valence-electron chi connectivity index (χ4n) is 2.44. The molecule has 0 aliphatic carbocycles. The van der Waals surface area contributed by atoms with Gasteiger partial charge in [-0.05, 0) is 37.5 Å². The maximum atomic E-state index is 5.75. The number of ether oxygens (including phenoxy) is 3. The minimum absolute atomic E-state index is 0.00342. The lowest BCUT2D eigenvalue weighted by molar-refractivity contribution is 0.0207. The first-order valence-electron chi connectivity index (χ1n) is 6.72. The van der Waals surface area contributed by atoms with E-state index in [4.69, 9.17) is 14.2 Å². The molecule has 1 aliphatic rings. The molecule has 19 heavy (non-hydrogen) atoms. The zero-order chi connectivity index (χ0) is 13.7. The van der Waals surface area contributed by atoms with Crippen LogP contribution >= 0.6 is 0 Å². The Balaban J connectivity index is 1.89. The van der Waals surface area contributed by atoms with E-state index in [0.717, 1.165) is 44.0 Å².